The lowest BCUT2D eigenvalue weighted by atomic mass is 10.1. The number of ether oxygens (including phenoxy) is 1. The SMILES string of the molecule is CCNC(=O)N1CCN(C(=O)c2cc(-c3ccc(Cl)cc3)n(-c3cccc(OC)c3)c2C)CC1. The Morgan fingerprint density at radius 3 is 2.32 bits per heavy atom. The van der Waals surface area contributed by atoms with Crippen LogP contribution in [0.1, 0.15) is 23.0 Å². The first-order valence-electron chi connectivity index (χ1n) is 11.4. The van der Waals surface area contributed by atoms with Crippen molar-refractivity contribution in [3.63, 3.8) is 0 Å². The number of amides is 3. The Bertz CT molecular complexity index is 1180. The van der Waals surface area contributed by atoms with Crippen molar-refractivity contribution in [3.8, 4) is 22.7 Å². The minimum Gasteiger partial charge on any atom is -0.497 e. The van der Waals surface area contributed by atoms with Crippen molar-refractivity contribution in [2.24, 2.45) is 0 Å². The largest absolute Gasteiger partial charge is 0.497 e. The lowest BCUT2D eigenvalue weighted by Crippen LogP contribution is -2.53. The molecule has 3 amide bonds. The van der Waals surface area contributed by atoms with Crippen LogP contribution in [0.5, 0.6) is 5.75 Å². The summed E-state index contributed by atoms with van der Waals surface area (Å²) in [5.41, 5.74) is 4.23. The van der Waals surface area contributed by atoms with Gasteiger partial charge in [0.25, 0.3) is 5.91 Å². The Labute approximate surface area is 204 Å². The molecular weight excluding hydrogens is 452 g/mol. The van der Waals surface area contributed by atoms with Crippen molar-refractivity contribution >= 4 is 23.5 Å². The van der Waals surface area contributed by atoms with E-state index >= 15 is 0 Å². The van der Waals surface area contributed by atoms with E-state index in [0.29, 0.717) is 43.3 Å². The van der Waals surface area contributed by atoms with Gasteiger partial charge in [0, 0.05) is 55.2 Å². The van der Waals surface area contributed by atoms with Crippen molar-refractivity contribution in [3.05, 3.63) is 70.9 Å². The van der Waals surface area contributed by atoms with Gasteiger partial charge in [-0.15, -0.1) is 0 Å². The standard InChI is InChI=1S/C26H29ClN4O3/c1-4-28-26(33)30-14-12-29(13-15-30)25(32)23-17-24(19-8-10-20(27)11-9-19)31(18(23)2)21-6-5-7-22(16-21)34-3/h5-11,16-17H,4,12-15H2,1-3H3,(H,28,33). The summed E-state index contributed by atoms with van der Waals surface area (Å²) in [4.78, 5) is 29.3. The molecule has 0 bridgehead atoms. The predicted octanol–water partition coefficient (Wildman–Crippen LogP) is 4.60. The van der Waals surface area contributed by atoms with Crippen molar-refractivity contribution in [2.75, 3.05) is 39.8 Å². The van der Waals surface area contributed by atoms with E-state index in [1.807, 2.05) is 73.3 Å². The summed E-state index contributed by atoms with van der Waals surface area (Å²) in [5, 5.41) is 3.47. The minimum atomic E-state index is -0.0834. The van der Waals surface area contributed by atoms with Gasteiger partial charge in [-0.2, -0.15) is 0 Å². The van der Waals surface area contributed by atoms with Crippen LogP contribution in [-0.2, 0) is 0 Å². The van der Waals surface area contributed by atoms with Gasteiger partial charge in [0.15, 0.2) is 0 Å². The molecule has 2 aromatic carbocycles. The monoisotopic (exact) mass is 480 g/mol. The second-order valence-corrected chi connectivity index (χ2v) is 8.62. The molecule has 0 spiro atoms. The molecule has 1 fully saturated rings. The number of nitrogens with one attached hydrogen (secondary N) is 1. The highest BCUT2D eigenvalue weighted by molar-refractivity contribution is 6.30. The molecule has 0 saturated carbocycles. The summed E-state index contributed by atoms with van der Waals surface area (Å²) in [5.74, 6) is 0.701. The van der Waals surface area contributed by atoms with Gasteiger partial charge >= 0.3 is 6.03 Å². The Hall–Kier alpha value is -3.45. The fourth-order valence-corrected chi connectivity index (χ4v) is 4.41. The lowest BCUT2D eigenvalue weighted by molar-refractivity contribution is 0.0664. The Morgan fingerprint density at radius 1 is 1.00 bits per heavy atom. The Kier molecular flexibility index (Phi) is 7.12. The first kappa shape index (κ1) is 23.7. The van der Waals surface area contributed by atoms with Crippen LogP contribution in [0, 0.1) is 6.92 Å². The number of urea groups is 1. The number of methoxy groups -OCH3 is 1. The first-order chi connectivity index (χ1) is 16.4. The highest BCUT2D eigenvalue weighted by atomic mass is 35.5. The number of hydrogen-bond donors (Lipinski definition) is 1. The van der Waals surface area contributed by atoms with Crippen LogP contribution in [0.4, 0.5) is 4.79 Å². The van der Waals surface area contributed by atoms with E-state index in [-0.39, 0.29) is 11.9 Å². The third-order valence-electron chi connectivity index (χ3n) is 6.11. The normalized spacial score (nSPS) is 13.6. The fraction of sp³-hybridized carbons (Fsp3) is 0.308. The number of piperazine rings is 1. The maximum absolute atomic E-state index is 13.6. The van der Waals surface area contributed by atoms with Crippen molar-refractivity contribution in [2.45, 2.75) is 13.8 Å². The van der Waals surface area contributed by atoms with E-state index in [1.165, 1.54) is 0 Å². The molecule has 3 aromatic rings. The molecule has 4 rings (SSSR count). The average molecular weight is 481 g/mol. The van der Waals surface area contributed by atoms with Crippen LogP contribution in [0.3, 0.4) is 0 Å². The summed E-state index contributed by atoms with van der Waals surface area (Å²) in [6, 6.07) is 17.2. The van der Waals surface area contributed by atoms with Crippen LogP contribution in [0.15, 0.2) is 54.6 Å². The van der Waals surface area contributed by atoms with E-state index in [2.05, 4.69) is 9.88 Å². The first-order valence-corrected chi connectivity index (χ1v) is 11.8. The highest BCUT2D eigenvalue weighted by Crippen LogP contribution is 2.32. The van der Waals surface area contributed by atoms with Gasteiger partial charge < -0.3 is 24.4 Å². The highest BCUT2D eigenvalue weighted by Gasteiger charge is 2.28. The number of hydrogen-bond acceptors (Lipinski definition) is 3. The van der Waals surface area contributed by atoms with Gasteiger partial charge in [-0.1, -0.05) is 29.8 Å². The van der Waals surface area contributed by atoms with Crippen LogP contribution >= 0.6 is 11.6 Å². The lowest BCUT2D eigenvalue weighted by Gasteiger charge is -2.34. The number of halogens is 1. The second-order valence-electron chi connectivity index (χ2n) is 8.19. The molecule has 2 heterocycles. The van der Waals surface area contributed by atoms with Crippen LogP contribution in [0.25, 0.3) is 16.9 Å². The molecule has 1 aliphatic rings. The van der Waals surface area contributed by atoms with Crippen LogP contribution < -0.4 is 10.1 Å². The number of carbonyl (C=O) groups excluding carboxylic acids is 2. The summed E-state index contributed by atoms with van der Waals surface area (Å²) < 4.78 is 7.50. The summed E-state index contributed by atoms with van der Waals surface area (Å²) in [6.07, 6.45) is 0. The topological polar surface area (TPSA) is 66.8 Å². The molecule has 0 atom stereocenters. The Balaban J connectivity index is 1.69. The molecule has 8 heteroatoms. The summed E-state index contributed by atoms with van der Waals surface area (Å²) in [6.45, 7) is 6.45. The number of carbonyl (C=O) groups is 2. The Morgan fingerprint density at radius 2 is 1.68 bits per heavy atom. The zero-order valence-electron chi connectivity index (χ0n) is 19.7. The van der Waals surface area contributed by atoms with Gasteiger partial charge in [-0.25, -0.2) is 4.79 Å². The van der Waals surface area contributed by atoms with Gasteiger partial charge in [0.2, 0.25) is 0 Å². The number of nitrogens with zero attached hydrogens (tertiary/aromatic N) is 3. The van der Waals surface area contributed by atoms with Gasteiger partial charge in [-0.05, 0) is 49.7 Å². The average Bonchev–Trinajstić information content (AvgIpc) is 3.21. The van der Waals surface area contributed by atoms with Gasteiger partial charge in [0.05, 0.1) is 18.4 Å². The zero-order valence-corrected chi connectivity index (χ0v) is 20.4. The van der Waals surface area contributed by atoms with Crippen molar-refractivity contribution < 1.29 is 14.3 Å². The predicted molar refractivity (Wildman–Crippen MR) is 134 cm³/mol. The molecule has 34 heavy (non-hydrogen) atoms. The molecule has 7 nitrogen and oxygen atoms in total. The fourth-order valence-electron chi connectivity index (χ4n) is 4.28. The third kappa shape index (κ3) is 4.75. The minimum absolute atomic E-state index is 0.0371. The van der Waals surface area contributed by atoms with Gasteiger partial charge in [-0.3, -0.25) is 4.79 Å². The molecule has 1 saturated heterocycles. The van der Waals surface area contributed by atoms with E-state index in [1.54, 1.807) is 12.0 Å². The molecule has 0 aliphatic carbocycles. The third-order valence-corrected chi connectivity index (χ3v) is 6.36. The summed E-state index contributed by atoms with van der Waals surface area (Å²) >= 11 is 6.12. The molecule has 1 aliphatic heterocycles. The number of rotatable bonds is 5. The summed E-state index contributed by atoms with van der Waals surface area (Å²) in [7, 11) is 1.64. The van der Waals surface area contributed by atoms with E-state index in [0.717, 1.165) is 28.4 Å². The number of aromatic nitrogens is 1. The van der Waals surface area contributed by atoms with Crippen molar-refractivity contribution in [1.82, 2.24) is 19.7 Å². The van der Waals surface area contributed by atoms with Crippen LogP contribution in [0.2, 0.25) is 5.02 Å². The molecule has 0 unspecified atom stereocenters. The maximum Gasteiger partial charge on any atom is 0.317 e. The quantitative estimate of drug-likeness (QED) is 0.580. The van der Waals surface area contributed by atoms with Crippen LogP contribution in [-0.4, -0.2) is 66.1 Å². The maximum atomic E-state index is 13.6. The van der Waals surface area contributed by atoms with Crippen molar-refractivity contribution in [1.29, 1.82) is 0 Å². The van der Waals surface area contributed by atoms with E-state index < -0.39 is 0 Å². The van der Waals surface area contributed by atoms with E-state index in [9.17, 15) is 9.59 Å². The smallest absolute Gasteiger partial charge is 0.317 e. The second kappa shape index (κ2) is 10.2. The zero-order chi connectivity index (χ0) is 24.2. The number of benzene rings is 2. The van der Waals surface area contributed by atoms with Gasteiger partial charge in [0.1, 0.15) is 5.75 Å². The molecule has 178 valence electrons. The molecule has 0 radical (unpaired) electrons. The van der Waals surface area contributed by atoms with E-state index in [4.69, 9.17) is 16.3 Å². The molecule has 1 aromatic heterocycles. The molecule has 1 N–H and O–H groups in total. The molecular formula is C26H29ClN4O3.